The summed E-state index contributed by atoms with van der Waals surface area (Å²) in [4.78, 5) is 2.12. The van der Waals surface area contributed by atoms with Gasteiger partial charge in [-0.2, -0.15) is 0 Å². The first-order valence-corrected chi connectivity index (χ1v) is 6.98. The number of nitrogens with one attached hydrogen (secondary N) is 1. The van der Waals surface area contributed by atoms with Crippen molar-refractivity contribution < 1.29 is 9.13 Å². The summed E-state index contributed by atoms with van der Waals surface area (Å²) >= 11 is 0. The van der Waals surface area contributed by atoms with E-state index in [2.05, 4.69) is 4.90 Å². The van der Waals surface area contributed by atoms with E-state index >= 15 is 0 Å². The van der Waals surface area contributed by atoms with Crippen molar-refractivity contribution in [1.29, 1.82) is 5.41 Å². The summed E-state index contributed by atoms with van der Waals surface area (Å²) in [6, 6.07) is 4.55. The molecular weight excluding hydrogens is 257 g/mol. The molecule has 1 atom stereocenters. The Balaban J connectivity index is 1.96. The first-order valence-electron chi connectivity index (χ1n) is 6.98. The lowest BCUT2D eigenvalue weighted by molar-refractivity contribution is -0.00259. The van der Waals surface area contributed by atoms with Crippen molar-refractivity contribution >= 4 is 5.84 Å². The molecule has 1 saturated heterocycles. The first-order chi connectivity index (χ1) is 9.54. The van der Waals surface area contributed by atoms with Gasteiger partial charge in [-0.25, -0.2) is 4.39 Å². The van der Waals surface area contributed by atoms with Gasteiger partial charge in [-0.3, -0.25) is 10.3 Å². The summed E-state index contributed by atoms with van der Waals surface area (Å²) < 4.78 is 19.2. The number of halogens is 1. The van der Waals surface area contributed by atoms with Crippen LogP contribution in [-0.2, 0) is 11.3 Å². The second-order valence-corrected chi connectivity index (χ2v) is 5.45. The zero-order valence-electron chi connectivity index (χ0n) is 11.9. The predicted octanol–water partition coefficient (Wildman–Crippen LogP) is 2.11. The van der Waals surface area contributed by atoms with E-state index in [0.717, 1.165) is 31.6 Å². The van der Waals surface area contributed by atoms with Gasteiger partial charge in [0.05, 0.1) is 6.10 Å². The van der Waals surface area contributed by atoms with Crippen LogP contribution in [0.1, 0.15) is 30.4 Å². The molecule has 4 nitrogen and oxygen atoms in total. The minimum absolute atomic E-state index is 0.107. The monoisotopic (exact) mass is 279 g/mol. The predicted molar refractivity (Wildman–Crippen MR) is 77.3 cm³/mol. The number of nitrogens with two attached hydrogens (primary N) is 1. The zero-order chi connectivity index (χ0) is 14.5. The van der Waals surface area contributed by atoms with E-state index in [1.807, 2.05) is 7.05 Å². The van der Waals surface area contributed by atoms with Gasteiger partial charge in [0, 0.05) is 25.3 Å². The van der Waals surface area contributed by atoms with E-state index in [0.29, 0.717) is 12.1 Å². The molecule has 0 amide bonds. The topological polar surface area (TPSA) is 62.3 Å². The Bertz CT molecular complexity index is 472. The standard InChI is InChI=1S/C15H22FN3O/c1-19(10-14-4-2-3-5-20-14)9-11-6-12(15(17)18)8-13(16)7-11/h6-8,14H,2-5,9-10H2,1H3,(H3,17,18). The van der Waals surface area contributed by atoms with Gasteiger partial charge in [0.2, 0.25) is 0 Å². The first kappa shape index (κ1) is 14.9. The molecule has 0 aromatic heterocycles. The van der Waals surface area contributed by atoms with Gasteiger partial charge in [-0.1, -0.05) is 0 Å². The van der Waals surface area contributed by atoms with E-state index < -0.39 is 0 Å². The van der Waals surface area contributed by atoms with E-state index in [-0.39, 0.29) is 17.8 Å². The fraction of sp³-hybridized carbons (Fsp3) is 0.533. The molecule has 1 aromatic rings. The number of rotatable bonds is 5. The fourth-order valence-electron chi connectivity index (χ4n) is 2.57. The molecule has 5 heteroatoms. The third kappa shape index (κ3) is 4.28. The molecular formula is C15H22FN3O. The second-order valence-electron chi connectivity index (χ2n) is 5.45. The summed E-state index contributed by atoms with van der Waals surface area (Å²) in [5, 5.41) is 7.39. The normalized spacial score (nSPS) is 19.2. The molecule has 110 valence electrons. The van der Waals surface area contributed by atoms with Crippen LogP contribution in [0.5, 0.6) is 0 Å². The Morgan fingerprint density at radius 2 is 2.25 bits per heavy atom. The highest BCUT2D eigenvalue weighted by Gasteiger charge is 2.16. The molecule has 0 bridgehead atoms. The number of benzene rings is 1. The van der Waals surface area contributed by atoms with Crippen LogP contribution in [0.3, 0.4) is 0 Å². The van der Waals surface area contributed by atoms with Gasteiger partial charge in [-0.05, 0) is 50.1 Å². The Hall–Kier alpha value is -1.46. The van der Waals surface area contributed by atoms with Gasteiger partial charge in [0.15, 0.2) is 0 Å². The quantitative estimate of drug-likeness (QED) is 0.641. The molecule has 2 rings (SSSR count). The summed E-state index contributed by atoms with van der Waals surface area (Å²) in [6.07, 6.45) is 3.72. The molecule has 20 heavy (non-hydrogen) atoms. The molecule has 0 saturated carbocycles. The number of ether oxygens (including phenoxy) is 1. The molecule has 1 fully saturated rings. The third-order valence-electron chi connectivity index (χ3n) is 3.51. The Kier molecular flexibility index (Phi) is 5.09. The van der Waals surface area contributed by atoms with Crippen LogP contribution in [0.2, 0.25) is 0 Å². The zero-order valence-corrected chi connectivity index (χ0v) is 11.9. The number of amidine groups is 1. The number of nitrogens with zero attached hydrogens (tertiary/aromatic N) is 1. The smallest absolute Gasteiger partial charge is 0.124 e. The SMILES string of the molecule is CN(Cc1cc(F)cc(C(=N)N)c1)CC1CCCCO1. The molecule has 1 heterocycles. The van der Waals surface area contributed by atoms with E-state index in [1.165, 1.54) is 18.6 Å². The summed E-state index contributed by atoms with van der Waals surface area (Å²) in [5.74, 6) is -0.459. The average Bonchev–Trinajstić information content (AvgIpc) is 2.38. The largest absolute Gasteiger partial charge is 0.384 e. The average molecular weight is 279 g/mol. The van der Waals surface area contributed by atoms with Crippen LogP contribution in [0, 0.1) is 11.2 Å². The third-order valence-corrected chi connectivity index (χ3v) is 3.51. The molecule has 0 radical (unpaired) electrons. The van der Waals surface area contributed by atoms with Gasteiger partial charge in [0.1, 0.15) is 11.7 Å². The van der Waals surface area contributed by atoms with Gasteiger partial charge in [-0.15, -0.1) is 0 Å². The maximum atomic E-state index is 13.5. The number of hydrogen-bond acceptors (Lipinski definition) is 3. The maximum Gasteiger partial charge on any atom is 0.124 e. The fourth-order valence-corrected chi connectivity index (χ4v) is 2.57. The van der Waals surface area contributed by atoms with Crippen LogP contribution in [0.15, 0.2) is 18.2 Å². The van der Waals surface area contributed by atoms with Gasteiger partial charge in [0.25, 0.3) is 0 Å². The second kappa shape index (κ2) is 6.81. The van der Waals surface area contributed by atoms with Crippen LogP contribution in [-0.4, -0.2) is 37.0 Å². The van der Waals surface area contributed by atoms with Crippen molar-refractivity contribution in [2.24, 2.45) is 5.73 Å². The minimum atomic E-state index is -0.352. The lowest BCUT2D eigenvalue weighted by Crippen LogP contribution is -2.33. The van der Waals surface area contributed by atoms with E-state index in [9.17, 15) is 4.39 Å². The van der Waals surface area contributed by atoms with Crippen molar-refractivity contribution in [3.05, 3.63) is 35.1 Å². The molecule has 1 aliphatic rings. The number of nitrogen functional groups attached to an aromatic ring is 1. The van der Waals surface area contributed by atoms with Crippen LogP contribution < -0.4 is 5.73 Å². The van der Waals surface area contributed by atoms with Crippen molar-refractivity contribution in [2.75, 3.05) is 20.2 Å². The highest BCUT2D eigenvalue weighted by atomic mass is 19.1. The number of hydrogen-bond donors (Lipinski definition) is 2. The maximum absolute atomic E-state index is 13.5. The summed E-state index contributed by atoms with van der Waals surface area (Å²) in [6.45, 7) is 2.30. The molecule has 1 aromatic carbocycles. The molecule has 1 unspecified atom stereocenters. The summed E-state index contributed by atoms with van der Waals surface area (Å²) in [5.41, 5.74) is 6.67. The molecule has 0 aliphatic carbocycles. The Labute approximate surface area is 119 Å². The van der Waals surface area contributed by atoms with Crippen LogP contribution >= 0.6 is 0 Å². The van der Waals surface area contributed by atoms with E-state index in [1.54, 1.807) is 6.07 Å². The van der Waals surface area contributed by atoms with Gasteiger partial charge < -0.3 is 10.5 Å². The Morgan fingerprint density at radius 1 is 1.45 bits per heavy atom. The highest BCUT2D eigenvalue weighted by Crippen LogP contribution is 2.15. The molecule has 1 aliphatic heterocycles. The van der Waals surface area contributed by atoms with Gasteiger partial charge >= 0.3 is 0 Å². The van der Waals surface area contributed by atoms with Crippen molar-refractivity contribution in [1.82, 2.24) is 4.90 Å². The van der Waals surface area contributed by atoms with Crippen LogP contribution in [0.4, 0.5) is 4.39 Å². The van der Waals surface area contributed by atoms with Crippen molar-refractivity contribution in [3.63, 3.8) is 0 Å². The lowest BCUT2D eigenvalue weighted by atomic mass is 10.1. The lowest BCUT2D eigenvalue weighted by Gasteiger charge is -2.27. The van der Waals surface area contributed by atoms with Crippen molar-refractivity contribution in [2.45, 2.75) is 31.9 Å². The van der Waals surface area contributed by atoms with Crippen LogP contribution in [0.25, 0.3) is 0 Å². The summed E-state index contributed by atoms with van der Waals surface area (Å²) in [7, 11) is 2.00. The number of likely N-dealkylation sites (N-methyl/N-ethyl adjacent to an activating group) is 1. The Morgan fingerprint density at radius 3 is 2.90 bits per heavy atom. The molecule has 0 spiro atoms. The van der Waals surface area contributed by atoms with Crippen molar-refractivity contribution in [3.8, 4) is 0 Å². The minimum Gasteiger partial charge on any atom is -0.384 e. The highest BCUT2D eigenvalue weighted by molar-refractivity contribution is 5.95. The molecule has 3 N–H and O–H groups in total. The van der Waals surface area contributed by atoms with E-state index in [4.69, 9.17) is 15.9 Å².